The zero-order valence-corrected chi connectivity index (χ0v) is 10.7. The molecule has 1 saturated carbocycles. The molecule has 0 saturated heterocycles. The molecule has 1 aliphatic carbocycles. The molecule has 0 radical (unpaired) electrons. The Kier molecular flexibility index (Phi) is 3.47. The van der Waals surface area contributed by atoms with Crippen molar-refractivity contribution in [3.8, 4) is 0 Å². The minimum atomic E-state index is 0.269. The van der Waals surface area contributed by atoms with Crippen molar-refractivity contribution in [2.75, 3.05) is 18.2 Å². The van der Waals surface area contributed by atoms with Gasteiger partial charge in [-0.05, 0) is 33.1 Å². The summed E-state index contributed by atoms with van der Waals surface area (Å²) >= 11 is 0. The molecule has 2 unspecified atom stereocenters. The highest BCUT2D eigenvalue weighted by Crippen LogP contribution is 2.26. The number of hydrogen-bond donors (Lipinski definition) is 2. The second kappa shape index (κ2) is 4.87. The van der Waals surface area contributed by atoms with Crippen molar-refractivity contribution in [2.24, 2.45) is 0 Å². The number of hydrogen-bond acceptors (Lipinski definition) is 5. The molecular formula is C12H20N4O. The van der Waals surface area contributed by atoms with Crippen LogP contribution in [0.3, 0.4) is 0 Å². The highest BCUT2D eigenvalue weighted by Gasteiger charge is 2.27. The topological polar surface area (TPSA) is 73.1 Å². The molecule has 1 aromatic rings. The van der Waals surface area contributed by atoms with Crippen LogP contribution in [0.1, 0.15) is 30.7 Å². The Labute approximate surface area is 102 Å². The minimum absolute atomic E-state index is 0.269. The van der Waals surface area contributed by atoms with Crippen LogP contribution in [0.15, 0.2) is 0 Å². The summed E-state index contributed by atoms with van der Waals surface area (Å²) < 4.78 is 5.46. The maximum absolute atomic E-state index is 5.84. The molecule has 3 N–H and O–H groups in total. The third-order valence-electron chi connectivity index (χ3n) is 3.37. The maximum atomic E-state index is 5.84. The number of aryl methyl sites for hydroxylation is 1. The van der Waals surface area contributed by atoms with E-state index in [-0.39, 0.29) is 6.10 Å². The fourth-order valence-corrected chi connectivity index (χ4v) is 2.34. The van der Waals surface area contributed by atoms with E-state index in [2.05, 4.69) is 15.3 Å². The molecule has 0 aliphatic heterocycles. The molecule has 0 spiro atoms. The third-order valence-corrected chi connectivity index (χ3v) is 3.37. The van der Waals surface area contributed by atoms with Gasteiger partial charge >= 0.3 is 0 Å². The van der Waals surface area contributed by atoms with E-state index in [1.807, 2.05) is 13.8 Å². The van der Waals surface area contributed by atoms with Gasteiger partial charge in [-0.25, -0.2) is 9.97 Å². The number of nitrogens with zero attached hydrogens (tertiary/aromatic N) is 2. The first-order chi connectivity index (χ1) is 8.11. The molecule has 2 atom stereocenters. The Hall–Kier alpha value is -1.36. The van der Waals surface area contributed by atoms with Gasteiger partial charge in [-0.15, -0.1) is 0 Å². The monoisotopic (exact) mass is 236 g/mol. The molecule has 0 bridgehead atoms. The molecule has 5 heteroatoms. The van der Waals surface area contributed by atoms with Gasteiger partial charge in [0.05, 0.1) is 12.1 Å². The van der Waals surface area contributed by atoms with E-state index < -0.39 is 0 Å². The number of methoxy groups -OCH3 is 1. The summed E-state index contributed by atoms with van der Waals surface area (Å²) in [6.07, 6.45) is 3.67. The Morgan fingerprint density at radius 2 is 2.06 bits per heavy atom. The highest BCUT2D eigenvalue weighted by molar-refractivity contribution is 5.55. The van der Waals surface area contributed by atoms with Crippen molar-refractivity contribution in [2.45, 2.75) is 45.3 Å². The van der Waals surface area contributed by atoms with Crippen LogP contribution < -0.4 is 11.1 Å². The number of anilines is 2. The van der Waals surface area contributed by atoms with E-state index in [9.17, 15) is 0 Å². The third kappa shape index (κ3) is 2.49. The van der Waals surface area contributed by atoms with Crippen molar-refractivity contribution in [1.82, 2.24) is 9.97 Å². The van der Waals surface area contributed by atoms with Crippen molar-refractivity contribution in [3.63, 3.8) is 0 Å². The average molecular weight is 236 g/mol. The molecular weight excluding hydrogens is 216 g/mol. The quantitative estimate of drug-likeness (QED) is 0.835. The summed E-state index contributed by atoms with van der Waals surface area (Å²) in [6.45, 7) is 3.79. The van der Waals surface area contributed by atoms with E-state index in [1.165, 1.54) is 6.42 Å². The van der Waals surface area contributed by atoms with E-state index in [0.29, 0.717) is 17.7 Å². The summed E-state index contributed by atoms with van der Waals surface area (Å²) in [6, 6.07) is 0.326. The summed E-state index contributed by atoms with van der Waals surface area (Å²) in [7, 11) is 1.76. The van der Waals surface area contributed by atoms with Crippen LogP contribution in [0.4, 0.5) is 11.6 Å². The Morgan fingerprint density at radius 3 is 2.76 bits per heavy atom. The fraction of sp³-hybridized carbons (Fsp3) is 0.667. The Morgan fingerprint density at radius 1 is 1.29 bits per heavy atom. The van der Waals surface area contributed by atoms with Gasteiger partial charge in [0.2, 0.25) is 0 Å². The lowest BCUT2D eigenvalue weighted by Crippen LogP contribution is -2.30. The van der Waals surface area contributed by atoms with Crippen molar-refractivity contribution in [3.05, 3.63) is 11.4 Å². The molecule has 1 heterocycles. The largest absolute Gasteiger partial charge is 0.383 e. The zero-order chi connectivity index (χ0) is 12.4. The first kappa shape index (κ1) is 12.1. The summed E-state index contributed by atoms with van der Waals surface area (Å²) in [4.78, 5) is 8.55. The van der Waals surface area contributed by atoms with Crippen LogP contribution >= 0.6 is 0 Å². The van der Waals surface area contributed by atoms with E-state index in [0.717, 1.165) is 24.2 Å². The average Bonchev–Trinajstić information content (AvgIpc) is 2.72. The Balaban J connectivity index is 2.18. The molecule has 1 aromatic heterocycles. The molecule has 0 aromatic carbocycles. The van der Waals surface area contributed by atoms with Crippen LogP contribution in [0.5, 0.6) is 0 Å². The van der Waals surface area contributed by atoms with Crippen molar-refractivity contribution in [1.29, 1.82) is 0 Å². The van der Waals surface area contributed by atoms with Crippen LogP contribution in [-0.2, 0) is 4.74 Å². The second-order valence-electron chi connectivity index (χ2n) is 4.59. The SMILES string of the molecule is COC1CCCC1Nc1nc(C)nc(N)c1C. The van der Waals surface area contributed by atoms with Crippen LogP contribution in [0, 0.1) is 13.8 Å². The van der Waals surface area contributed by atoms with Gasteiger partial charge in [-0.3, -0.25) is 0 Å². The van der Waals surface area contributed by atoms with Gasteiger partial charge in [-0.2, -0.15) is 0 Å². The number of nitrogen functional groups attached to an aromatic ring is 1. The first-order valence-corrected chi connectivity index (χ1v) is 6.02. The summed E-state index contributed by atoms with van der Waals surface area (Å²) in [5, 5.41) is 3.44. The number of rotatable bonds is 3. The highest BCUT2D eigenvalue weighted by atomic mass is 16.5. The van der Waals surface area contributed by atoms with Crippen LogP contribution in [0.25, 0.3) is 0 Å². The van der Waals surface area contributed by atoms with Gasteiger partial charge in [-0.1, -0.05) is 0 Å². The predicted octanol–water partition coefficient (Wildman–Crippen LogP) is 1.66. The molecule has 0 amide bonds. The second-order valence-corrected chi connectivity index (χ2v) is 4.59. The lowest BCUT2D eigenvalue weighted by molar-refractivity contribution is 0.101. The number of ether oxygens (including phenoxy) is 1. The van der Waals surface area contributed by atoms with E-state index >= 15 is 0 Å². The number of aromatic nitrogens is 2. The van der Waals surface area contributed by atoms with Gasteiger partial charge in [0.1, 0.15) is 17.5 Å². The number of nitrogens with one attached hydrogen (secondary N) is 1. The van der Waals surface area contributed by atoms with E-state index in [1.54, 1.807) is 7.11 Å². The molecule has 2 rings (SSSR count). The minimum Gasteiger partial charge on any atom is -0.383 e. The lowest BCUT2D eigenvalue weighted by atomic mass is 10.2. The van der Waals surface area contributed by atoms with Crippen LogP contribution in [0.2, 0.25) is 0 Å². The standard InChI is InChI=1S/C12H20N4O/c1-7-11(13)14-8(2)15-12(7)16-9-5-4-6-10(9)17-3/h9-10H,4-6H2,1-3H3,(H3,13,14,15,16). The fourth-order valence-electron chi connectivity index (χ4n) is 2.34. The predicted molar refractivity (Wildman–Crippen MR) is 68.0 cm³/mol. The van der Waals surface area contributed by atoms with Gasteiger partial charge in [0.15, 0.2) is 0 Å². The van der Waals surface area contributed by atoms with Crippen molar-refractivity contribution < 1.29 is 4.74 Å². The van der Waals surface area contributed by atoms with Crippen molar-refractivity contribution >= 4 is 11.6 Å². The number of nitrogens with two attached hydrogens (primary N) is 1. The van der Waals surface area contributed by atoms with Gasteiger partial charge < -0.3 is 15.8 Å². The summed E-state index contributed by atoms with van der Waals surface area (Å²) in [5.74, 6) is 2.08. The molecule has 17 heavy (non-hydrogen) atoms. The smallest absolute Gasteiger partial charge is 0.135 e. The molecule has 1 aliphatic rings. The maximum Gasteiger partial charge on any atom is 0.135 e. The normalized spacial score (nSPS) is 23.9. The zero-order valence-electron chi connectivity index (χ0n) is 10.7. The summed E-state index contributed by atoms with van der Waals surface area (Å²) in [5.41, 5.74) is 6.75. The Bertz CT molecular complexity index is 408. The molecule has 5 nitrogen and oxygen atoms in total. The molecule has 94 valence electrons. The molecule has 1 fully saturated rings. The van der Waals surface area contributed by atoms with Gasteiger partial charge in [0.25, 0.3) is 0 Å². The first-order valence-electron chi connectivity index (χ1n) is 6.02. The van der Waals surface area contributed by atoms with Gasteiger partial charge in [0, 0.05) is 12.7 Å². The lowest BCUT2D eigenvalue weighted by Gasteiger charge is -2.21. The van der Waals surface area contributed by atoms with E-state index in [4.69, 9.17) is 10.5 Å². The van der Waals surface area contributed by atoms with Crippen LogP contribution in [-0.4, -0.2) is 29.2 Å².